The van der Waals surface area contributed by atoms with Crippen LogP contribution in [-0.2, 0) is 6.42 Å². The Hall–Kier alpha value is -1.02. The molecule has 0 radical (unpaired) electrons. The van der Waals surface area contributed by atoms with Crippen LogP contribution in [0.15, 0.2) is 29.2 Å². The molecule has 0 amide bonds. The van der Waals surface area contributed by atoms with Gasteiger partial charge in [-0.05, 0) is 25.6 Å². The summed E-state index contributed by atoms with van der Waals surface area (Å²) in [5, 5.41) is 3.19. The van der Waals surface area contributed by atoms with Crippen LogP contribution in [-0.4, -0.2) is 7.05 Å². The number of nitrogens with one attached hydrogen (secondary N) is 1. The maximum absolute atomic E-state index is 5.63. The zero-order chi connectivity index (χ0) is 9.68. The third kappa shape index (κ3) is 2.46. The van der Waals surface area contributed by atoms with Crippen molar-refractivity contribution in [3.8, 4) is 0 Å². The van der Waals surface area contributed by atoms with Crippen molar-refractivity contribution in [1.29, 1.82) is 0 Å². The zero-order valence-electron chi connectivity index (χ0n) is 8.34. The lowest BCUT2D eigenvalue weighted by atomic mass is 10.1. The van der Waals surface area contributed by atoms with Gasteiger partial charge in [-0.1, -0.05) is 13.0 Å². The summed E-state index contributed by atoms with van der Waals surface area (Å²) in [7, 11) is 1.93. The van der Waals surface area contributed by atoms with E-state index in [1.165, 1.54) is 0 Å². The number of hydrogen-bond donors (Lipinski definition) is 1. The molecule has 1 heterocycles. The molecule has 1 aromatic heterocycles. The third-order valence-electron chi connectivity index (χ3n) is 2.13. The van der Waals surface area contributed by atoms with Crippen LogP contribution in [0.4, 0.5) is 0 Å². The van der Waals surface area contributed by atoms with Crippen LogP contribution < -0.4 is 5.32 Å². The fourth-order valence-electron chi connectivity index (χ4n) is 1.31. The highest BCUT2D eigenvalue weighted by atomic mass is 16.3. The summed E-state index contributed by atoms with van der Waals surface area (Å²) in [6.07, 6.45) is 3.74. The first-order valence-electron chi connectivity index (χ1n) is 4.68. The Bertz CT molecular complexity index is 265. The lowest BCUT2D eigenvalue weighted by molar-refractivity contribution is 0.410. The van der Waals surface area contributed by atoms with Crippen molar-refractivity contribution in [2.24, 2.45) is 0 Å². The molecule has 0 aliphatic carbocycles. The van der Waals surface area contributed by atoms with Crippen LogP contribution in [0, 0.1) is 0 Å². The molecule has 1 N–H and O–H groups in total. The van der Waals surface area contributed by atoms with Crippen LogP contribution in [0.2, 0.25) is 0 Å². The molecule has 1 aromatic rings. The molecule has 1 atom stereocenters. The lowest BCUT2D eigenvalue weighted by Crippen LogP contribution is -2.14. The monoisotopic (exact) mass is 179 g/mol. The fourth-order valence-corrected chi connectivity index (χ4v) is 1.31. The summed E-state index contributed by atoms with van der Waals surface area (Å²) < 4.78 is 5.63. The van der Waals surface area contributed by atoms with Gasteiger partial charge in [0.25, 0.3) is 0 Å². The maximum Gasteiger partial charge on any atom is 0.121 e. The lowest BCUT2D eigenvalue weighted by Gasteiger charge is -2.10. The Kier molecular flexibility index (Phi) is 3.77. The molecule has 0 fully saturated rings. The van der Waals surface area contributed by atoms with Crippen molar-refractivity contribution < 1.29 is 4.42 Å². The minimum atomic E-state index is 0.262. The molecular formula is C11H17NO. The van der Waals surface area contributed by atoms with Crippen molar-refractivity contribution in [2.45, 2.75) is 25.8 Å². The average Bonchev–Trinajstić information content (AvgIpc) is 2.62. The largest absolute Gasteiger partial charge is 0.464 e. The van der Waals surface area contributed by atoms with E-state index >= 15 is 0 Å². The summed E-state index contributed by atoms with van der Waals surface area (Å²) in [6, 6.07) is 4.32. The van der Waals surface area contributed by atoms with Gasteiger partial charge >= 0.3 is 0 Å². The van der Waals surface area contributed by atoms with Crippen molar-refractivity contribution in [3.05, 3.63) is 36.3 Å². The molecule has 0 bridgehead atoms. The number of hydrogen-bond acceptors (Lipinski definition) is 2. The maximum atomic E-state index is 5.63. The van der Waals surface area contributed by atoms with E-state index in [4.69, 9.17) is 4.42 Å². The van der Waals surface area contributed by atoms with Crippen LogP contribution in [0.3, 0.4) is 0 Å². The summed E-state index contributed by atoms with van der Waals surface area (Å²) in [5.74, 6) is 2.04. The minimum absolute atomic E-state index is 0.262. The predicted octanol–water partition coefficient (Wildman–Crippen LogP) is 2.68. The van der Waals surface area contributed by atoms with Crippen LogP contribution >= 0.6 is 0 Å². The molecule has 2 heteroatoms. The second-order valence-electron chi connectivity index (χ2n) is 3.02. The molecule has 0 saturated heterocycles. The van der Waals surface area contributed by atoms with E-state index in [1.54, 1.807) is 0 Å². The molecule has 1 rings (SSSR count). The van der Waals surface area contributed by atoms with E-state index < -0.39 is 0 Å². The first-order valence-corrected chi connectivity index (χ1v) is 4.68. The highest BCUT2D eigenvalue weighted by molar-refractivity contribution is 5.11. The molecule has 0 spiro atoms. The normalized spacial score (nSPS) is 12.8. The second-order valence-corrected chi connectivity index (χ2v) is 3.02. The van der Waals surface area contributed by atoms with Gasteiger partial charge in [0.15, 0.2) is 0 Å². The highest BCUT2D eigenvalue weighted by Gasteiger charge is 2.10. The highest BCUT2D eigenvalue weighted by Crippen LogP contribution is 2.19. The van der Waals surface area contributed by atoms with Crippen molar-refractivity contribution in [1.82, 2.24) is 5.32 Å². The van der Waals surface area contributed by atoms with Crippen molar-refractivity contribution >= 4 is 0 Å². The molecule has 0 aliphatic rings. The quantitative estimate of drug-likeness (QED) is 0.703. The Morgan fingerprint density at radius 2 is 2.38 bits per heavy atom. The summed E-state index contributed by atoms with van der Waals surface area (Å²) in [4.78, 5) is 0. The SMILES string of the molecule is C=CCC(NC)c1ccc(CC)o1. The standard InChI is InChI=1S/C11H17NO/c1-4-6-10(12-3)11-8-7-9(5-2)13-11/h4,7-8,10,12H,1,5-6H2,2-3H3. The molecule has 0 saturated carbocycles. The van der Waals surface area contributed by atoms with Gasteiger partial charge in [0, 0.05) is 6.42 Å². The van der Waals surface area contributed by atoms with E-state index in [-0.39, 0.29) is 6.04 Å². The van der Waals surface area contributed by atoms with E-state index in [1.807, 2.05) is 25.3 Å². The molecule has 0 aromatic carbocycles. The fraction of sp³-hybridized carbons (Fsp3) is 0.455. The van der Waals surface area contributed by atoms with Gasteiger partial charge in [0.05, 0.1) is 6.04 Å². The molecule has 13 heavy (non-hydrogen) atoms. The van der Waals surface area contributed by atoms with Gasteiger partial charge in [0.2, 0.25) is 0 Å². The number of aryl methyl sites for hydroxylation is 1. The van der Waals surface area contributed by atoms with Gasteiger partial charge in [-0.25, -0.2) is 0 Å². The molecule has 72 valence electrons. The van der Waals surface area contributed by atoms with Crippen LogP contribution in [0.5, 0.6) is 0 Å². The summed E-state index contributed by atoms with van der Waals surface area (Å²) >= 11 is 0. The molecular weight excluding hydrogens is 162 g/mol. The zero-order valence-corrected chi connectivity index (χ0v) is 8.34. The van der Waals surface area contributed by atoms with E-state index in [9.17, 15) is 0 Å². The Labute approximate surface area is 79.6 Å². The topological polar surface area (TPSA) is 25.2 Å². The summed E-state index contributed by atoms with van der Waals surface area (Å²) in [6.45, 7) is 5.81. The number of furan rings is 1. The van der Waals surface area contributed by atoms with Gasteiger partial charge in [-0.15, -0.1) is 6.58 Å². The first kappa shape index (κ1) is 10.1. The van der Waals surface area contributed by atoms with E-state index in [0.29, 0.717) is 0 Å². The summed E-state index contributed by atoms with van der Waals surface area (Å²) in [5.41, 5.74) is 0. The van der Waals surface area contributed by atoms with E-state index in [2.05, 4.69) is 18.8 Å². The molecule has 1 unspecified atom stereocenters. The minimum Gasteiger partial charge on any atom is -0.464 e. The average molecular weight is 179 g/mol. The van der Waals surface area contributed by atoms with Gasteiger partial charge in [-0.2, -0.15) is 0 Å². The molecule has 2 nitrogen and oxygen atoms in total. The smallest absolute Gasteiger partial charge is 0.121 e. The van der Waals surface area contributed by atoms with Gasteiger partial charge < -0.3 is 9.73 Å². The van der Waals surface area contributed by atoms with E-state index in [0.717, 1.165) is 24.4 Å². The third-order valence-corrected chi connectivity index (χ3v) is 2.13. The van der Waals surface area contributed by atoms with Crippen LogP contribution in [0.1, 0.15) is 30.9 Å². The van der Waals surface area contributed by atoms with Gasteiger partial charge in [-0.3, -0.25) is 0 Å². The Balaban J connectivity index is 2.72. The van der Waals surface area contributed by atoms with Gasteiger partial charge in [0.1, 0.15) is 11.5 Å². The Morgan fingerprint density at radius 3 is 2.85 bits per heavy atom. The first-order chi connectivity index (χ1) is 6.31. The van der Waals surface area contributed by atoms with Crippen LogP contribution in [0.25, 0.3) is 0 Å². The Morgan fingerprint density at radius 1 is 1.62 bits per heavy atom. The molecule has 0 aliphatic heterocycles. The van der Waals surface area contributed by atoms with Crippen molar-refractivity contribution in [3.63, 3.8) is 0 Å². The predicted molar refractivity (Wildman–Crippen MR) is 54.7 cm³/mol. The second kappa shape index (κ2) is 4.87. The van der Waals surface area contributed by atoms with Crippen molar-refractivity contribution in [2.75, 3.05) is 7.05 Å². The number of rotatable bonds is 5.